The van der Waals surface area contributed by atoms with E-state index in [4.69, 9.17) is 4.74 Å². The average molecular weight is 355 g/mol. The second-order valence-corrected chi connectivity index (χ2v) is 6.41. The van der Waals surface area contributed by atoms with E-state index in [0.717, 1.165) is 49.1 Å². The Hall–Kier alpha value is -1.07. The van der Waals surface area contributed by atoms with E-state index in [-0.39, 0.29) is 5.97 Å². The Morgan fingerprint density at radius 2 is 2.24 bits per heavy atom. The zero-order chi connectivity index (χ0) is 15.3. The van der Waals surface area contributed by atoms with Crippen molar-refractivity contribution in [3.63, 3.8) is 0 Å². The molecule has 1 aliphatic rings. The standard InChI is InChI=1S/C16H23BrN2O2/c1-3-19-10-5-8-16(9-11-19,15(20)21-2)18-14-7-4-6-13(17)12-14/h4,6-7,12,18H,3,5,8-11H2,1-2H3. The molecule has 1 aromatic rings. The average Bonchev–Trinajstić information content (AvgIpc) is 2.69. The number of hydrogen-bond acceptors (Lipinski definition) is 4. The zero-order valence-electron chi connectivity index (χ0n) is 12.7. The van der Waals surface area contributed by atoms with Crippen LogP contribution < -0.4 is 5.32 Å². The van der Waals surface area contributed by atoms with Gasteiger partial charge in [-0.2, -0.15) is 0 Å². The number of hydrogen-bond donors (Lipinski definition) is 1. The van der Waals surface area contributed by atoms with Crippen molar-refractivity contribution in [1.82, 2.24) is 4.90 Å². The van der Waals surface area contributed by atoms with Gasteiger partial charge in [-0.15, -0.1) is 0 Å². The molecule has 0 saturated carbocycles. The monoisotopic (exact) mass is 354 g/mol. The molecule has 1 aliphatic heterocycles. The third kappa shape index (κ3) is 3.98. The molecule has 1 unspecified atom stereocenters. The Bertz CT molecular complexity index is 495. The van der Waals surface area contributed by atoms with Crippen molar-refractivity contribution >= 4 is 27.6 Å². The SMILES string of the molecule is CCN1CCCC(Nc2cccc(Br)c2)(C(=O)OC)CC1. The lowest BCUT2D eigenvalue weighted by Gasteiger charge is -2.32. The molecule has 0 bridgehead atoms. The van der Waals surface area contributed by atoms with E-state index in [0.29, 0.717) is 0 Å². The smallest absolute Gasteiger partial charge is 0.331 e. The number of anilines is 1. The van der Waals surface area contributed by atoms with E-state index in [9.17, 15) is 4.79 Å². The molecule has 1 heterocycles. The van der Waals surface area contributed by atoms with Gasteiger partial charge in [0.05, 0.1) is 7.11 Å². The van der Waals surface area contributed by atoms with Gasteiger partial charge in [0, 0.05) is 16.7 Å². The summed E-state index contributed by atoms with van der Waals surface area (Å²) in [4.78, 5) is 14.8. The topological polar surface area (TPSA) is 41.6 Å². The number of carbonyl (C=O) groups excluding carboxylic acids is 1. The minimum atomic E-state index is -0.626. The van der Waals surface area contributed by atoms with Crippen LogP contribution in [-0.2, 0) is 9.53 Å². The van der Waals surface area contributed by atoms with Gasteiger partial charge in [-0.3, -0.25) is 0 Å². The molecule has 1 saturated heterocycles. The second kappa shape index (κ2) is 7.27. The van der Waals surface area contributed by atoms with Gasteiger partial charge in [0.2, 0.25) is 0 Å². The first-order chi connectivity index (χ1) is 10.1. The molecule has 0 aliphatic carbocycles. The van der Waals surface area contributed by atoms with Crippen LogP contribution in [-0.4, -0.2) is 43.2 Å². The molecule has 2 rings (SSSR count). The molecule has 1 N–H and O–H groups in total. The summed E-state index contributed by atoms with van der Waals surface area (Å²) in [5.74, 6) is -0.166. The lowest BCUT2D eigenvalue weighted by molar-refractivity contribution is -0.146. The highest BCUT2D eigenvalue weighted by Gasteiger charge is 2.40. The first kappa shape index (κ1) is 16.3. The first-order valence-electron chi connectivity index (χ1n) is 7.44. The minimum Gasteiger partial charge on any atom is -0.467 e. The van der Waals surface area contributed by atoms with Crippen LogP contribution in [0.1, 0.15) is 26.2 Å². The molecular weight excluding hydrogens is 332 g/mol. The van der Waals surface area contributed by atoms with Crippen LogP contribution in [0.4, 0.5) is 5.69 Å². The highest BCUT2D eigenvalue weighted by atomic mass is 79.9. The maximum atomic E-state index is 12.4. The van der Waals surface area contributed by atoms with Gasteiger partial charge in [-0.25, -0.2) is 4.79 Å². The van der Waals surface area contributed by atoms with Gasteiger partial charge in [0.25, 0.3) is 0 Å². The van der Waals surface area contributed by atoms with Crippen molar-refractivity contribution in [2.24, 2.45) is 0 Å². The van der Waals surface area contributed by atoms with E-state index < -0.39 is 5.54 Å². The van der Waals surface area contributed by atoms with Crippen molar-refractivity contribution < 1.29 is 9.53 Å². The Kier molecular flexibility index (Phi) is 5.65. The van der Waals surface area contributed by atoms with Crippen LogP contribution in [0.15, 0.2) is 28.7 Å². The van der Waals surface area contributed by atoms with Crippen LogP contribution >= 0.6 is 15.9 Å². The van der Waals surface area contributed by atoms with Crippen molar-refractivity contribution in [3.8, 4) is 0 Å². The van der Waals surface area contributed by atoms with E-state index in [1.54, 1.807) is 0 Å². The van der Waals surface area contributed by atoms with Crippen LogP contribution in [0.2, 0.25) is 0 Å². The van der Waals surface area contributed by atoms with Gasteiger partial charge in [0.15, 0.2) is 0 Å². The number of ether oxygens (including phenoxy) is 1. The number of methoxy groups -OCH3 is 1. The summed E-state index contributed by atoms with van der Waals surface area (Å²) >= 11 is 3.47. The fourth-order valence-corrected chi connectivity index (χ4v) is 3.32. The van der Waals surface area contributed by atoms with Crippen LogP contribution in [0, 0.1) is 0 Å². The van der Waals surface area contributed by atoms with Crippen LogP contribution in [0.3, 0.4) is 0 Å². The van der Waals surface area contributed by atoms with Crippen molar-refractivity contribution in [1.29, 1.82) is 0 Å². The molecule has 21 heavy (non-hydrogen) atoms. The Morgan fingerprint density at radius 1 is 1.43 bits per heavy atom. The third-order valence-corrected chi connectivity index (χ3v) is 4.66. The molecule has 0 aromatic heterocycles. The van der Waals surface area contributed by atoms with E-state index in [1.807, 2.05) is 24.3 Å². The molecule has 4 nitrogen and oxygen atoms in total. The first-order valence-corrected chi connectivity index (χ1v) is 8.23. The summed E-state index contributed by atoms with van der Waals surface area (Å²) in [6.07, 6.45) is 2.55. The summed E-state index contributed by atoms with van der Waals surface area (Å²) < 4.78 is 6.08. The summed E-state index contributed by atoms with van der Waals surface area (Å²) in [5.41, 5.74) is 0.319. The fraction of sp³-hybridized carbons (Fsp3) is 0.562. The predicted molar refractivity (Wildman–Crippen MR) is 88.5 cm³/mol. The van der Waals surface area contributed by atoms with E-state index in [1.165, 1.54) is 7.11 Å². The van der Waals surface area contributed by atoms with Crippen molar-refractivity contribution in [2.75, 3.05) is 32.1 Å². The van der Waals surface area contributed by atoms with Gasteiger partial charge in [-0.1, -0.05) is 28.9 Å². The molecule has 0 spiro atoms. The van der Waals surface area contributed by atoms with E-state index in [2.05, 4.69) is 33.1 Å². The van der Waals surface area contributed by atoms with Gasteiger partial charge >= 0.3 is 5.97 Å². The summed E-state index contributed by atoms with van der Waals surface area (Å²) in [6, 6.07) is 7.92. The Labute approximate surface area is 135 Å². The Morgan fingerprint density at radius 3 is 2.90 bits per heavy atom. The molecule has 1 atom stereocenters. The summed E-state index contributed by atoms with van der Waals surface area (Å²) in [7, 11) is 1.47. The van der Waals surface area contributed by atoms with E-state index >= 15 is 0 Å². The molecule has 1 aromatic carbocycles. The normalized spacial score (nSPS) is 23.4. The maximum absolute atomic E-state index is 12.4. The third-order valence-electron chi connectivity index (χ3n) is 4.16. The molecule has 0 amide bonds. The van der Waals surface area contributed by atoms with Crippen LogP contribution in [0.5, 0.6) is 0 Å². The number of benzene rings is 1. The van der Waals surface area contributed by atoms with Gasteiger partial charge < -0.3 is 15.0 Å². The van der Waals surface area contributed by atoms with Gasteiger partial charge in [0.1, 0.15) is 5.54 Å². The largest absolute Gasteiger partial charge is 0.467 e. The predicted octanol–water partition coefficient (Wildman–Crippen LogP) is 3.28. The molecule has 116 valence electrons. The molecule has 1 fully saturated rings. The number of nitrogens with one attached hydrogen (secondary N) is 1. The minimum absolute atomic E-state index is 0.166. The zero-order valence-corrected chi connectivity index (χ0v) is 14.3. The van der Waals surface area contributed by atoms with Crippen molar-refractivity contribution in [3.05, 3.63) is 28.7 Å². The number of halogens is 1. The highest BCUT2D eigenvalue weighted by molar-refractivity contribution is 9.10. The maximum Gasteiger partial charge on any atom is 0.331 e. The lowest BCUT2D eigenvalue weighted by Crippen LogP contribution is -2.48. The number of carbonyl (C=O) groups is 1. The highest BCUT2D eigenvalue weighted by Crippen LogP contribution is 2.29. The Balaban J connectivity index is 2.23. The summed E-state index contributed by atoms with van der Waals surface area (Å²) in [6.45, 7) is 5.13. The molecule has 5 heteroatoms. The number of rotatable bonds is 4. The fourth-order valence-electron chi connectivity index (χ4n) is 2.92. The summed E-state index contributed by atoms with van der Waals surface area (Å²) in [5, 5.41) is 3.44. The quantitative estimate of drug-likeness (QED) is 0.842. The van der Waals surface area contributed by atoms with Gasteiger partial charge in [-0.05, 0) is 50.6 Å². The lowest BCUT2D eigenvalue weighted by atomic mass is 9.90. The number of likely N-dealkylation sites (tertiary alicyclic amines) is 1. The molecule has 0 radical (unpaired) electrons. The number of nitrogens with zero attached hydrogens (tertiary/aromatic N) is 1. The van der Waals surface area contributed by atoms with Crippen molar-refractivity contribution in [2.45, 2.75) is 31.7 Å². The van der Waals surface area contributed by atoms with Crippen LogP contribution in [0.25, 0.3) is 0 Å². The second-order valence-electron chi connectivity index (χ2n) is 5.50. The number of esters is 1. The molecular formula is C16H23BrN2O2.